The molecule has 6 aromatic carbocycles. The molecule has 1 atom stereocenters. The molecule has 12 rings (SSSR count). The van der Waals surface area contributed by atoms with E-state index in [9.17, 15) is 0 Å². The molecule has 0 radical (unpaired) electrons. The number of hydrogen-bond donors (Lipinski definition) is 0. The van der Waals surface area contributed by atoms with Crippen molar-refractivity contribution in [2.45, 2.75) is 63.7 Å². The Balaban J connectivity index is 1.04. The van der Waals surface area contributed by atoms with Crippen molar-refractivity contribution >= 4 is 27.4 Å². The highest BCUT2D eigenvalue weighted by Gasteiger charge is 2.36. The standard InChI is InChI=1S/C53H42N4/c1-53(2)46-24-11-9-20-40(46)44-31-49-45(30-47(44)53)41-21-10-12-25-48(41)57(49)52-55-50(27-26-34-28-32-14-3-5-16-35(32)38-19-8-7-18-37(34)38)54-51(56-52)42-23-13-22-39-36-17-6-4-15-33(36)29-43(39)42/h3,5-14,16-25,30-31,34H,4,15,26-29H2,1-2H3. The van der Waals surface area contributed by atoms with E-state index in [1.165, 1.54) is 77.6 Å². The summed E-state index contributed by atoms with van der Waals surface area (Å²) >= 11 is 0. The molecule has 0 N–H and O–H groups in total. The van der Waals surface area contributed by atoms with Crippen LogP contribution in [-0.4, -0.2) is 19.5 Å². The zero-order valence-electron chi connectivity index (χ0n) is 32.4. The number of aryl methyl sites for hydroxylation is 1. The molecule has 0 aliphatic heterocycles. The number of rotatable bonds is 5. The van der Waals surface area contributed by atoms with Gasteiger partial charge in [0.15, 0.2) is 5.82 Å². The summed E-state index contributed by atoms with van der Waals surface area (Å²) in [4.78, 5) is 16.3. The molecule has 0 fully saturated rings. The van der Waals surface area contributed by atoms with Crippen molar-refractivity contribution in [2.24, 2.45) is 0 Å². The number of benzene rings is 6. The van der Waals surface area contributed by atoms with E-state index >= 15 is 0 Å². The quantitative estimate of drug-likeness (QED) is 0.177. The Bertz CT molecular complexity index is 3060. The van der Waals surface area contributed by atoms with Gasteiger partial charge in [-0.05, 0) is 117 Å². The lowest BCUT2D eigenvalue weighted by Gasteiger charge is -2.27. The van der Waals surface area contributed by atoms with Crippen molar-refractivity contribution in [1.29, 1.82) is 0 Å². The molecule has 4 heteroatoms. The molecule has 0 spiro atoms. The molecule has 0 amide bonds. The predicted molar refractivity (Wildman–Crippen MR) is 233 cm³/mol. The van der Waals surface area contributed by atoms with Crippen molar-refractivity contribution in [3.8, 4) is 39.6 Å². The molecular weight excluding hydrogens is 693 g/mol. The Kier molecular flexibility index (Phi) is 7.08. The van der Waals surface area contributed by atoms with Gasteiger partial charge in [0.25, 0.3) is 0 Å². The first kappa shape index (κ1) is 32.8. The smallest absolute Gasteiger partial charge is 0.238 e. The van der Waals surface area contributed by atoms with Gasteiger partial charge in [-0.3, -0.25) is 4.57 Å². The van der Waals surface area contributed by atoms with Crippen molar-refractivity contribution in [3.63, 3.8) is 0 Å². The third kappa shape index (κ3) is 4.89. The molecule has 0 bridgehead atoms. The van der Waals surface area contributed by atoms with Crippen molar-refractivity contribution in [3.05, 3.63) is 184 Å². The van der Waals surface area contributed by atoms with Gasteiger partial charge < -0.3 is 0 Å². The van der Waals surface area contributed by atoms with Crippen molar-refractivity contribution < 1.29 is 0 Å². The van der Waals surface area contributed by atoms with Crippen LogP contribution in [0.25, 0.3) is 67.0 Å². The van der Waals surface area contributed by atoms with E-state index in [0.717, 1.165) is 66.8 Å². The average molecular weight is 735 g/mol. The Labute approximate surface area is 333 Å². The monoisotopic (exact) mass is 734 g/mol. The third-order valence-corrected chi connectivity index (χ3v) is 13.5. The maximum Gasteiger partial charge on any atom is 0.238 e. The lowest BCUT2D eigenvalue weighted by molar-refractivity contribution is 0.601. The van der Waals surface area contributed by atoms with E-state index in [2.05, 4.69) is 158 Å². The molecule has 274 valence electrons. The minimum Gasteiger partial charge on any atom is -0.278 e. The van der Waals surface area contributed by atoms with E-state index in [1.54, 1.807) is 0 Å². The van der Waals surface area contributed by atoms with E-state index in [1.807, 2.05) is 0 Å². The molecule has 1 unspecified atom stereocenters. The molecular formula is C53H42N4. The van der Waals surface area contributed by atoms with Gasteiger partial charge in [-0.25, -0.2) is 4.98 Å². The summed E-state index contributed by atoms with van der Waals surface area (Å²) in [5.41, 5.74) is 19.8. The summed E-state index contributed by atoms with van der Waals surface area (Å²) in [6.45, 7) is 4.72. The van der Waals surface area contributed by atoms with Crippen LogP contribution in [0.1, 0.15) is 78.2 Å². The Hall–Kier alpha value is -6.39. The van der Waals surface area contributed by atoms with Crippen LogP contribution in [0.4, 0.5) is 0 Å². The van der Waals surface area contributed by atoms with E-state index in [4.69, 9.17) is 15.0 Å². The van der Waals surface area contributed by atoms with Gasteiger partial charge in [0.05, 0.1) is 11.0 Å². The van der Waals surface area contributed by atoms with Crippen LogP contribution in [-0.2, 0) is 24.7 Å². The SMILES string of the molecule is CC1(C)c2ccccc2-c2cc3c(cc21)c1ccccc1n3-c1nc(CCC2Cc3ccccc3-c3ccccc32)nc(-c2cccc3c2CC2=C3C=CCC2)n1. The Morgan fingerprint density at radius 2 is 1.42 bits per heavy atom. The molecule has 4 aliphatic rings. The highest BCUT2D eigenvalue weighted by atomic mass is 15.2. The number of fused-ring (bicyclic) bond motifs is 11. The second-order valence-electron chi connectivity index (χ2n) is 17.0. The van der Waals surface area contributed by atoms with Gasteiger partial charge >= 0.3 is 0 Å². The molecule has 57 heavy (non-hydrogen) atoms. The van der Waals surface area contributed by atoms with E-state index in [0.29, 0.717) is 11.9 Å². The van der Waals surface area contributed by atoms with Gasteiger partial charge in [-0.1, -0.05) is 141 Å². The fourth-order valence-electron chi connectivity index (χ4n) is 10.7. The van der Waals surface area contributed by atoms with Crippen molar-refractivity contribution in [2.75, 3.05) is 0 Å². The van der Waals surface area contributed by atoms with E-state index < -0.39 is 0 Å². The number of nitrogens with zero attached hydrogens (tertiary/aromatic N) is 4. The largest absolute Gasteiger partial charge is 0.278 e. The molecule has 4 nitrogen and oxygen atoms in total. The first-order chi connectivity index (χ1) is 28.0. The number of para-hydroxylation sites is 1. The lowest BCUT2D eigenvalue weighted by Crippen LogP contribution is -2.15. The summed E-state index contributed by atoms with van der Waals surface area (Å²) < 4.78 is 2.31. The number of aromatic nitrogens is 4. The maximum absolute atomic E-state index is 5.47. The highest BCUT2D eigenvalue weighted by Crippen LogP contribution is 2.51. The van der Waals surface area contributed by atoms with Crippen LogP contribution in [0.15, 0.2) is 145 Å². The third-order valence-electron chi connectivity index (χ3n) is 13.5. The van der Waals surface area contributed by atoms with Gasteiger partial charge in [0.2, 0.25) is 5.95 Å². The van der Waals surface area contributed by atoms with E-state index in [-0.39, 0.29) is 5.41 Å². The first-order valence-electron chi connectivity index (χ1n) is 20.6. The summed E-state index contributed by atoms with van der Waals surface area (Å²) in [6.07, 6.45) is 10.6. The van der Waals surface area contributed by atoms with Crippen LogP contribution in [0, 0.1) is 0 Å². The van der Waals surface area contributed by atoms with Gasteiger partial charge in [0.1, 0.15) is 5.82 Å². The summed E-state index contributed by atoms with van der Waals surface area (Å²) in [7, 11) is 0. The Morgan fingerprint density at radius 3 is 2.35 bits per heavy atom. The second-order valence-corrected chi connectivity index (χ2v) is 17.0. The fraction of sp³-hybridized carbons (Fsp3) is 0.189. The molecule has 0 saturated carbocycles. The maximum atomic E-state index is 5.47. The topological polar surface area (TPSA) is 43.6 Å². The molecule has 2 heterocycles. The van der Waals surface area contributed by atoms with Crippen LogP contribution < -0.4 is 0 Å². The molecule has 4 aliphatic carbocycles. The second kappa shape index (κ2) is 12.3. The first-order valence-corrected chi connectivity index (χ1v) is 20.6. The van der Waals surface area contributed by atoms with Crippen LogP contribution in [0.5, 0.6) is 0 Å². The molecule has 8 aromatic rings. The van der Waals surface area contributed by atoms with Crippen LogP contribution in [0.3, 0.4) is 0 Å². The van der Waals surface area contributed by atoms with Gasteiger partial charge in [-0.15, -0.1) is 0 Å². The number of allylic oxidation sites excluding steroid dienone is 4. The molecule has 0 saturated heterocycles. The summed E-state index contributed by atoms with van der Waals surface area (Å²) in [5, 5.41) is 2.45. The summed E-state index contributed by atoms with van der Waals surface area (Å²) in [5.74, 6) is 2.68. The summed E-state index contributed by atoms with van der Waals surface area (Å²) in [6, 6.07) is 47.1. The predicted octanol–water partition coefficient (Wildman–Crippen LogP) is 12.5. The highest BCUT2D eigenvalue weighted by molar-refractivity contribution is 6.11. The van der Waals surface area contributed by atoms with Crippen molar-refractivity contribution in [1.82, 2.24) is 19.5 Å². The minimum atomic E-state index is -0.0921. The zero-order chi connectivity index (χ0) is 37.8. The van der Waals surface area contributed by atoms with Crippen LogP contribution in [0.2, 0.25) is 0 Å². The fourth-order valence-corrected chi connectivity index (χ4v) is 10.7. The number of hydrogen-bond acceptors (Lipinski definition) is 3. The molecule has 2 aromatic heterocycles. The lowest BCUT2D eigenvalue weighted by atomic mass is 9.77. The van der Waals surface area contributed by atoms with Gasteiger partial charge in [-0.2, -0.15) is 9.97 Å². The van der Waals surface area contributed by atoms with Gasteiger partial charge in [0, 0.05) is 28.2 Å². The Morgan fingerprint density at radius 1 is 0.649 bits per heavy atom. The average Bonchev–Trinajstić information content (AvgIpc) is 3.87. The van der Waals surface area contributed by atoms with Crippen LogP contribution >= 0.6 is 0 Å². The normalized spacial score (nSPS) is 17.0. The zero-order valence-corrected chi connectivity index (χ0v) is 32.4. The minimum absolute atomic E-state index is 0.0921.